The van der Waals surface area contributed by atoms with Crippen molar-refractivity contribution in [3.05, 3.63) is 0 Å². The molecule has 0 amide bonds. The summed E-state index contributed by atoms with van der Waals surface area (Å²) in [5, 5.41) is 0. The zero-order chi connectivity index (χ0) is 8.20. The Balaban J connectivity index is 3.71. The largest absolute Gasteiger partial charge is 0.327 e. The van der Waals surface area contributed by atoms with Crippen LogP contribution in [-0.2, 0) is 0 Å². The zero-order valence-electron chi connectivity index (χ0n) is 7.36. The third kappa shape index (κ3) is 7.52. The lowest BCUT2D eigenvalue weighted by Crippen LogP contribution is -2.13. The molecule has 58 valence electrons. The first-order chi connectivity index (χ1) is 4.42. The summed E-state index contributed by atoms with van der Waals surface area (Å²) >= 11 is 0. The normalized spacial score (nSPS) is 13.7. The van der Waals surface area contributed by atoms with E-state index in [1.165, 1.54) is 0 Å². The summed E-state index contributed by atoms with van der Waals surface area (Å²) in [6.07, 6.45) is 0.803. The Hall–Kier alpha value is -0.480. The van der Waals surface area contributed by atoms with Crippen LogP contribution in [0.1, 0.15) is 34.1 Å². The van der Waals surface area contributed by atoms with Gasteiger partial charge in [-0.15, -0.1) is 5.92 Å². The van der Waals surface area contributed by atoms with Gasteiger partial charge in [-0.2, -0.15) is 0 Å². The summed E-state index contributed by atoms with van der Waals surface area (Å²) in [6.45, 7) is 8.26. The molecular weight excluding hydrogens is 122 g/mol. The molecule has 10 heavy (non-hydrogen) atoms. The van der Waals surface area contributed by atoms with Crippen molar-refractivity contribution in [1.82, 2.24) is 0 Å². The third-order valence-electron chi connectivity index (χ3n) is 0.887. The van der Waals surface area contributed by atoms with Crippen molar-refractivity contribution in [2.24, 2.45) is 11.1 Å². The molecule has 0 bridgehead atoms. The molecule has 0 saturated heterocycles. The fourth-order valence-corrected chi connectivity index (χ4v) is 0.477. The van der Waals surface area contributed by atoms with Crippen molar-refractivity contribution in [2.45, 2.75) is 40.2 Å². The maximum atomic E-state index is 5.52. The fourth-order valence-electron chi connectivity index (χ4n) is 0.477. The van der Waals surface area contributed by atoms with E-state index in [4.69, 9.17) is 5.73 Å². The lowest BCUT2D eigenvalue weighted by atomic mass is 9.98. The summed E-state index contributed by atoms with van der Waals surface area (Å²) < 4.78 is 0. The van der Waals surface area contributed by atoms with E-state index in [1.54, 1.807) is 0 Å². The van der Waals surface area contributed by atoms with Crippen molar-refractivity contribution in [2.75, 3.05) is 0 Å². The monoisotopic (exact) mass is 139 g/mol. The van der Waals surface area contributed by atoms with Gasteiger partial charge in [0.25, 0.3) is 0 Å². The van der Waals surface area contributed by atoms with Gasteiger partial charge in [-0.3, -0.25) is 0 Å². The highest BCUT2D eigenvalue weighted by atomic mass is 14.6. The summed E-state index contributed by atoms with van der Waals surface area (Å²) in [5.41, 5.74) is 5.64. The number of nitrogens with two attached hydrogens (primary N) is 1. The molecule has 1 atom stereocenters. The fraction of sp³-hybridized carbons (Fsp3) is 0.778. The average Bonchev–Trinajstić information content (AvgIpc) is 1.59. The van der Waals surface area contributed by atoms with Gasteiger partial charge in [0, 0.05) is 17.9 Å². The Bertz CT molecular complexity index is 140. The van der Waals surface area contributed by atoms with Crippen molar-refractivity contribution in [3.63, 3.8) is 0 Å². The van der Waals surface area contributed by atoms with E-state index in [0.717, 1.165) is 6.42 Å². The highest BCUT2D eigenvalue weighted by molar-refractivity contribution is 5.07. The quantitative estimate of drug-likeness (QED) is 0.550. The minimum atomic E-state index is 0.120. The molecule has 0 heterocycles. The summed E-state index contributed by atoms with van der Waals surface area (Å²) in [5.74, 6) is 6.17. The van der Waals surface area contributed by atoms with Crippen molar-refractivity contribution >= 4 is 0 Å². The van der Waals surface area contributed by atoms with E-state index >= 15 is 0 Å². The molecule has 1 heteroatoms. The summed E-state index contributed by atoms with van der Waals surface area (Å²) in [7, 11) is 0. The molecule has 0 radical (unpaired) electrons. The maximum Gasteiger partial charge on any atom is 0.0238 e. The Morgan fingerprint density at radius 3 is 2.20 bits per heavy atom. The molecule has 0 aliphatic carbocycles. The zero-order valence-corrected chi connectivity index (χ0v) is 7.36. The van der Waals surface area contributed by atoms with Crippen LogP contribution in [0.4, 0.5) is 0 Å². The van der Waals surface area contributed by atoms with Crippen LogP contribution < -0.4 is 5.73 Å². The van der Waals surface area contributed by atoms with Crippen LogP contribution >= 0.6 is 0 Å². The van der Waals surface area contributed by atoms with E-state index in [1.807, 2.05) is 6.92 Å². The van der Waals surface area contributed by atoms with Gasteiger partial charge < -0.3 is 5.73 Å². The lowest BCUT2D eigenvalue weighted by molar-refractivity contribution is 0.569. The van der Waals surface area contributed by atoms with Crippen LogP contribution in [0.25, 0.3) is 0 Å². The average molecular weight is 139 g/mol. The Labute approximate surface area is 64.0 Å². The van der Waals surface area contributed by atoms with Gasteiger partial charge in [0.15, 0.2) is 0 Å². The van der Waals surface area contributed by atoms with Gasteiger partial charge in [0.05, 0.1) is 0 Å². The van der Waals surface area contributed by atoms with E-state index in [0.29, 0.717) is 0 Å². The Kier molecular flexibility index (Phi) is 3.46. The molecule has 0 fully saturated rings. The third-order valence-corrected chi connectivity index (χ3v) is 0.887. The second kappa shape index (κ2) is 3.63. The van der Waals surface area contributed by atoms with Crippen LogP contribution in [0.15, 0.2) is 0 Å². The van der Waals surface area contributed by atoms with Crippen LogP contribution in [0, 0.1) is 17.3 Å². The number of rotatable bonds is 1. The Morgan fingerprint density at radius 2 is 1.90 bits per heavy atom. The molecule has 1 nitrogen and oxygen atoms in total. The van der Waals surface area contributed by atoms with E-state index in [-0.39, 0.29) is 11.5 Å². The van der Waals surface area contributed by atoms with Crippen molar-refractivity contribution in [3.8, 4) is 11.8 Å². The minimum absolute atomic E-state index is 0.120. The molecule has 2 N–H and O–H groups in total. The smallest absolute Gasteiger partial charge is 0.0238 e. The van der Waals surface area contributed by atoms with Crippen LogP contribution in [0.5, 0.6) is 0 Å². The van der Waals surface area contributed by atoms with Crippen LogP contribution in [0.3, 0.4) is 0 Å². The molecule has 1 unspecified atom stereocenters. The van der Waals surface area contributed by atoms with E-state index < -0.39 is 0 Å². The summed E-state index contributed by atoms with van der Waals surface area (Å²) in [6, 6.07) is 0.204. The molecule has 0 aliphatic rings. The van der Waals surface area contributed by atoms with E-state index in [9.17, 15) is 0 Å². The highest BCUT2D eigenvalue weighted by Crippen LogP contribution is 2.09. The van der Waals surface area contributed by atoms with Gasteiger partial charge in [-0.05, 0) is 27.7 Å². The first-order valence-corrected chi connectivity index (χ1v) is 3.67. The topological polar surface area (TPSA) is 26.0 Å². The second-order valence-corrected chi connectivity index (χ2v) is 3.73. The van der Waals surface area contributed by atoms with Gasteiger partial charge in [-0.25, -0.2) is 0 Å². The highest BCUT2D eigenvalue weighted by Gasteiger charge is 2.02. The second-order valence-electron chi connectivity index (χ2n) is 3.73. The first-order valence-electron chi connectivity index (χ1n) is 3.67. The molecule has 0 saturated carbocycles. The molecule has 0 aliphatic heterocycles. The molecule has 0 aromatic rings. The predicted molar refractivity (Wildman–Crippen MR) is 45.5 cm³/mol. The van der Waals surface area contributed by atoms with Gasteiger partial charge in [0.1, 0.15) is 0 Å². The van der Waals surface area contributed by atoms with Gasteiger partial charge >= 0.3 is 0 Å². The van der Waals surface area contributed by atoms with Crippen molar-refractivity contribution < 1.29 is 0 Å². The first kappa shape index (κ1) is 9.52. The minimum Gasteiger partial charge on any atom is -0.327 e. The standard InChI is InChI=1S/C9H17N/c1-8(10)6-5-7-9(2,3)4/h8H,6,10H2,1-4H3. The van der Waals surface area contributed by atoms with Crippen LogP contribution in [0.2, 0.25) is 0 Å². The Morgan fingerprint density at radius 1 is 1.40 bits per heavy atom. The number of hydrogen-bond acceptors (Lipinski definition) is 1. The van der Waals surface area contributed by atoms with Gasteiger partial charge in [0.2, 0.25) is 0 Å². The number of hydrogen-bond donors (Lipinski definition) is 1. The summed E-state index contributed by atoms with van der Waals surface area (Å²) in [4.78, 5) is 0. The predicted octanol–water partition coefficient (Wildman–Crippen LogP) is 1.77. The maximum absolute atomic E-state index is 5.52. The lowest BCUT2D eigenvalue weighted by Gasteiger charge is -2.07. The molecule has 0 aromatic carbocycles. The molecule has 0 rings (SSSR count). The van der Waals surface area contributed by atoms with Crippen LogP contribution in [-0.4, -0.2) is 6.04 Å². The van der Waals surface area contributed by atoms with Crippen molar-refractivity contribution in [1.29, 1.82) is 0 Å². The van der Waals surface area contributed by atoms with E-state index in [2.05, 4.69) is 32.6 Å². The molecule has 0 aromatic heterocycles. The molecular formula is C9H17N. The van der Waals surface area contributed by atoms with Gasteiger partial charge in [-0.1, -0.05) is 5.92 Å². The SMILES string of the molecule is CC(N)CC#CC(C)(C)C. The molecule has 0 spiro atoms.